The molecule has 1 atom stereocenters. The number of ether oxygens (including phenoxy) is 1. The van der Waals surface area contributed by atoms with E-state index in [-0.39, 0.29) is 6.10 Å². The van der Waals surface area contributed by atoms with Gasteiger partial charge in [-0.05, 0) is 36.0 Å². The monoisotopic (exact) mass is 244 g/mol. The number of hydrogen-bond acceptors (Lipinski definition) is 3. The normalized spacial score (nSPS) is 12.5. The smallest absolute Gasteiger partial charge is 0.139 e. The molecule has 0 radical (unpaired) electrons. The summed E-state index contributed by atoms with van der Waals surface area (Å²) in [5.74, 6) is 0.789. The van der Waals surface area contributed by atoms with Gasteiger partial charge in [0.25, 0.3) is 0 Å². The lowest BCUT2D eigenvalue weighted by molar-refractivity contribution is 0.219. The number of rotatable bonds is 4. The van der Waals surface area contributed by atoms with Crippen molar-refractivity contribution in [2.75, 3.05) is 13.6 Å². The van der Waals surface area contributed by atoms with Crippen molar-refractivity contribution >= 4 is 15.9 Å². The van der Waals surface area contributed by atoms with Gasteiger partial charge in [-0.1, -0.05) is 0 Å². The van der Waals surface area contributed by atoms with E-state index < -0.39 is 0 Å². The van der Waals surface area contributed by atoms with E-state index in [9.17, 15) is 0 Å². The maximum atomic E-state index is 5.58. The number of likely N-dealkylation sites (N-methyl/N-ethyl adjacent to an activating group) is 1. The molecule has 0 fully saturated rings. The number of halogens is 1. The van der Waals surface area contributed by atoms with Crippen LogP contribution in [0.5, 0.6) is 5.75 Å². The van der Waals surface area contributed by atoms with Gasteiger partial charge in [-0.2, -0.15) is 0 Å². The summed E-state index contributed by atoms with van der Waals surface area (Å²) in [6.45, 7) is 2.84. The number of nitrogens with one attached hydrogen (secondary N) is 1. The molecule has 1 aromatic rings. The number of hydrogen-bond donors (Lipinski definition) is 1. The van der Waals surface area contributed by atoms with Gasteiger partial charge in [0, 0.05) is 17.2 Å². The third-order valence-corrected chi connectivity index (χ3v) is 1.94. The highest BCUT2D eigenvalue weighted by atomic mass is 79.9. The lowest BCUT2D eigenvalue weighted by Crippen LogP contribution is -2.26. The highest BCUT2D eigenvalue weighted by Gasteiger charge is 2.02. The van der Waals surface area contributed by atoms with Crippen LogP contribution >= 0.6 is 15.9 Å². The molecule has 0 amide bonds. The van der Waals surface area contributed by atoms with E-state index in [0.717, 1.165) is 16.8 Å². The molecule has 1 aromatic heterocycles. The van der Waals surface area contributed by atoms with E-state index in [0.29, 0.717) is 0 Å². The molecule has 0 aromatic carbocycles. The third-order valence-electron chi connectivity index (χ3n) is 1.51. The molecule has 0 aliphatic rings. The average Bonchev–Trinajstić information content (AvgIpc) is 2.04. The quantitative estimate of drug-likeness (QED) is 0.878. The second-order valence-corrected chi connectivity index (χ2v) is 3.74. The van der Waals surface area contributed by atoms with Gasteiger partial charge in [0.15, 0.2) is 0 Å². The van der Waals surface area contributed by atoms with Crippen LogP contribution in [0.15, 0.2) is 22.9 Å². The molecule has 0 saturated heterocycles. The molecule has 1 N–H and O–H groups in total. The van der Waals surface area contributed by atoms with Crippen LogP contribution in [0.3, 0.4) is 0 Å². The van der Waals surface area contributed by atoms with Crippen molar-refractivity contribution in [2.45, 2.75) is 13.0 Å². The predicted octanol–water partition coefficient (Wildman–Crippen LogP) is 1.83. The Labute approximate surface area is 86.6 Å². The molecule has 4 heteroatoms. The van der Waals surface area contributed by atoms with Crippen molar-refractivity contribution in [2.24, 2.45) is 0 Å². The maximum absolute atomic E-state index is 5.58. The highest BCUT2D eigenvalue weighted by Crippen LogP contribution is 2.16. The predicted molar refractivity (Wildman–Crippen MR) is 56.0 cm³/mol. The Morgan fingerprint density at radius 3 is 3.00 bits per heavy atom. The molecule has 0 aliphatic heterocycles. The molecular weight excluding hydrogens is 232 g/mol. The summed E-state index contributed by atoms with van der Waals surface area (Å²) < 4.78 is 6.51. The first-order valence-corrected chi connectivity index (χ1v) is 4.93. The first-order chi connectivity index (χ1) is 6.22. The summed E-state index contributed by atoms with van der Waals surface area (Å²) in [4.78, 5) is 4.01. The van der Waals surface area contributed by atoms with E-state index in [1.165, 1.54) is 0 Å². The van der Waals surface area contributed by atoms with Crippen LogP contribution in [0, 0.1) is 0 Å². The molecule has 13 heavy (non-hydrogen) atoms. The molecular formula is C9H13BrN2O. The zero-order chi connectivity index (χ0) is 9.68. The summed E-state index contributed by atoms with van der Waals surface area (Å²) in [5, 5.41) is 3.05. The Hall–Kier alpha value is -0.610. The Bertz CT molecular complexity index is 268. The number of nitrogens with zero attached hydrogens (tertiary/aromatic N) is 1. The summed E-state index contributed by atoms with van der Waals surface area (Å²) >= 11 is 3.33. The lowest BCUT2D eigenvalue weighted by atomic mass is 10.4. The van der Waals surface area contributed by atoms with E-state index in [1.807, 2.05) is 20.0 Å². The number of aromatic nitrogens is 1. The van der Waals surface area contributed by atoms with Crippen LogP contribution < -0.4 is 10.1 Å². The molecule has 1 unspecified atom stereocenters. The minimum Gasteiger partial charge on any atom is -0.488 e. The molecule has 0 saturated carbocycles. The molecule has 1 rings (SSSR count). The van der Waals surface area contributed by atoms with Gasteiger partial charge in [-0.3, -0.25) is 4.98 Å². The zero-order valence-corrected chi connectivity index (χ0v) is 9.34. The number of pyridine rings is 1. The Morgan fingerprint density at radius 2 is 2.38 bits per heavy atom. The second kappa shape index (κ2) is 5.19. The molecule has 72 valence electrons. The standard InChI is InChI=1S/C9H13BrN2O/c1-7(4-11-2)13-9-3-8(10)5-12-6-9/h3,5-7,11H,4H2,1-2H3. The molecule has 0 aliphatic carbocycles. The average molecular weight is 245 g/mol. The molecule has 3 nitrogen and oxygen atoms in total. The maximum Gasteiger partial charge on any atom is 0.139 e. The fourth-order valence-corrected chi connectivity index (χ4v) is 1.36. The van der Waals surface area contributed by atoms with Gasteiger partial charge >= 0.3 is 0 Å². The van der Waals surface area contributed by atoms with Gasteiger partial charge in [-0.15, -0.1) is 0 Å². The lowest BCUT2D eigenvalue weighted by Gasteiger charge is -2.13. The minimum absolute atomic E-state index is 0.154. The first kappa shape index (κ1) is 10.5. The Balaban J connectivity index is 2.53. The fraction of sp³-hybridized carbons (Fsp3) is 0.444. The summed E-state index contributed by atoms with van der Waals surface area (Å²) in [5.41, 5.74) is 0. The molecule has 1 heterocycles. The van der Waals surface area contributed by atoms with Gasteiger partial charge < -0.3 is 10.1 Å². The van der Waals surface area contributed by atoms with Crippen molar-refractivity contribution in [3.63, 3.8) is 0 Å². The first-order valence-electron chi connectivity index (χ1n) is 4.14. The van der Waals surface area contributed by atoms with Crippen molar-refractivity contribution in [1.29, 1.82) is 0 Å². The van der Waals surface area contributed by atoms with Gasteiger partial charge in [0.05, 0.1) is 6.20 Å². The SMILES string of the molecule is CNCC(C)Oc1cncc(Br)c1. The summed E-state index contributed by atoms with van der Waals surface area (Å²) in [6, 6.07) is 1.90. The fourth-order valence-electron chi connectivity index (χ4n) is 1.02. The van der Waals surface area contributed by atoms with Crippen molar-refractivity contribution < 1.29 is 4.74 Å². The summed E-state index contributed by atoms with van der Waals surface area (Å²) in [7, 11) is 1.90. The van der Waals surface area contributed by atoms with Crippen molar-refractivity contribution in [1.82, 2.24) is 10.3 Å². The van der Waals surface area contributed by atoms with Gasteiger partial charge in [-0.25, -0.2) is 0 Å². The minimum atomic E-state index is 0.154. The zero-order valence-electron chi connectivity index (χ0n) is 7.75. The van der Waals surface area contributed by atoms with Crippen LogP contribution in [-0.2, 0) is 0 Å². The molecule has 0 spiro atoms. The van der Waals surface area contributed by atoms with E-state index in [4.69, 9.17) is 4.74 Å². The summed E-state index contributed by atoms with van der Waals surface area (Å²) in [6.07, 6.45) is 3.59. The third kappa shape index (κ3) is 3.74. The topological polar surface area (TPSA) is 34.1 Å². The van der Waals surface area contributed by atoms with Crippen LogP contribution in [0.1, 0.15) is 6.92 Å². The van der Waals surface area contributed by atoms with Gasteiger partial charge in [0.2, 0.25) is 0 Å². The largest absolute Gasteiger partial charge is 0.488 e. The second-order valence-electron chi connectivity index (χ2n) is 2.83. The van der Waals surface area contributed by atoms with E-state index >= 15 is 0 Å². The highest BCUT2D eigenvalue weighted by molar-refractivity contribution is 9.10. The van der Waals surface area contributed by atoms with Crippen LogP contribution in [0.4, 0.5) is 0 Å². The van der Waals surface area contributed by atoms with Crippen LogP contribution in [0.25, 0.3) is 0 Å². The van der Waals surface area contributed by atoms with Crippen LogP contribution in [-0.4, -0.2) is 24.7 Å². The van der Waals surface area contributed by atoms with Crippen LogP contribution in [0.2, 0.25) is 0 Å². The van der Waals surface area contributed by atoms with E-state index in [1.54, 1.807) is 12.4 Å². The Kier molecular flexibility index (Phi) is 4.18. The Morgan fingerprint density at radius 1 is 1.62 bits per heavy atom. The molecule has 0 bridgehead atoms. The van der Waals surface area contributed by atoms with Crippen molar-refractivity contribution in [3.05, 3.63) is 22.9 Å². The van der Waals surface area contributed by atoms with Crippen molar-refractivity contribution in [3.8, 4) is 5.75 Å². The van der Waals surface area contributed by atoms with E-state index in [2.05, 4.69) is 26.2 Å². The van der Waals surface area contributed by atoms with Gasteiger partial charge in [0.1, 0.15) is 11.9 Å².